The van der Waals surface area contributed by atoms with Crippen molar-refractivity contribution in [1.82, 2.24) is 41.2 Å². The number of aryl methyl sites for hydroxylation is 1. The second kappa shape index (κ2) is 16.8. The Hall–Kier alpha value is -4.37. The monoisotopic (exact) mass is 640 g/mol. The number of nitrogens with zero attached hydrogens (tertiary/aromatic N) is 4. The van der Waals surface area contributed by atoms with Crippen LogP contribution in [0.2, 0.25) is 0 Å². The smallest absolute Gasteiger partial charge is 0.328 e. The molecule has 2 bridgehead atoms. The Morgan fingerprint density at radius 1 is 1.07 bits per heavy atom. The van der Waals surface area contributed by atoms with Gasteiger partial charge in [-0.2, -0.15) is 0 Å². The van der Waals surface area contributed by atoms with E-state index in [1.807, 2.05) is 30.3 Å². The number of carbonyl (C=O) groups excluding carboxylic acids is 5. The molecule has 0 aliphatic carbocycles. The minimum absolute atomic E-state index is 0.0583. The average molecular weight is 641 g/mol. The summed E-state index contributed by atoms with van der Waals surface area (Å²) in [4.78, 5) is 68.2. The summed E-state index contributed by atoms with van der Waals surface area (Å²) in [6.07, 6.45) is 4.36. The number of rotatable bonds is 6. The maximum atomic E-state index is 13.9. The van der Waals surface area contributed by atoms with Gasteiger partial charge in [0.05, 0.1) is 32.6 Å². The van der Waals surface area contributed by atoms with Crippen LogP contribution in [-0.4, -0.2) is 107 Å². The molecule has 15 heteroatoms. The van der Waals surface area contributed by atoms with E-state index in [4.69, 9.17) is 9.47 Å². The minimum Gasteiger partial charge on any atom is -0.467 e. The molecular formula is C31H44N8O7. The summed E-state index contributed by atoms with van der Waals surface area (Å²) in [5.74, 6) is -2.50. The molecule has 5 atom stereocenters. The summed E-state index contributed by atoms with van der Waals surface area (Å²) in [7, 11) is 2.89. The Kier molecular flexibility index (Phi) is 12.6. The Labute approximate surface area is 268 Å². The van der Waals surface area contributed by atoms with E-state index in [9.17, 15) is 24.0 Å². The molecule has 0 radical (unpaired) electrons. The SMILES string of the molecule is CN[C@@H](C)C(=O)N[C@H]1COCc2cn(nn2)CCCC[C@@H](C(=O)OC)NC(=O)[C@H](Cc2ccccc2)NC(=O)[C@@H]2CCCN2C1=O. The first-order valence-corrected chi connectivity index (χ1v) is 15.7. The van der Waals surface area contributed by atoms with E-state index >= 15 is 0 Å². The highest BCUT2D eigenvalue weighted by Crippen LogP contribution is 2.20. The molecule has 3 heterocycles. The van der Waals surface area contributed by atoms with E-state index in [0.29, 0.717) is 50.9 Å². The molecule has 15 nitrogen and oxygen atoms in total. The molecule has 1 saturated heterocycles. The lowest BCUT2D eigenvalue weighted by Crippen LogP contribution is -2.59. The third kappa shape index (κ3) is 9.33. The maximum absolute atomic E-state index is 13.9. The lowest BCUT2D eigenvalue weighted by atomic mass is 10.0. The van der Waals surface area contributed by atoms with Crippen LogP contribution >= 0.6 is 0 Å². The fourth-order valence-corrected chi connectivity index (χ4v) is 5.51. The van der Waals surface area contributed by atoms with Crippen molar-refractivity contribution in [3.05, 3.63) is 47.8 Å². The van der Waals surface area contributed by atoms with E-state index in [1.165, 1.54) is 12.0 Å². The van der Waals surface area contributed by atoms with E-state index < -0.39 is 59.8 Å². The van der Waals surface area contributed by atoms with Crippen LogP contribution in [0.15, 0.2) is 36.5 Å². The Balaban J connectivity index is 1.62. The van der Waals surface area contributed by atoms with Gasteiger partial charge in [-0.15, -0.1) is 5.10 Å². The molecule has 250 valence electrons. The van der Waals surface area contributed by atoms with Gasteiger partial charge in [-0.25, -0.2) is 4.79 Å². The minimum atomic E-state index is -1.07. The van der Waals surface area contributed by atoms with E-state index in [2.05, 4.69) is 31.6 Å². The summed E-state index contributed by atoms with van der Waals surface area (Å²) in [5.41, 5.74) is 1.34. The fourth-order valence-electron chi connectivity index (χ4n) is 5.51. The molecular weight excluding hydrogens is 596 g/mol. The largest absolute Gasteiger partial charge is 0.467 e. The van der Waals surface area contributed by atoms with Crippen LogP contribution < -0.4 is 21.3 Å². The molecule has 1 aromatic heterocycles. The first-order chi connectivity index (χ1) is 22.2. The van der Waals surface area contributed by atoms with Crippen LogP contribution in [0.1, 0.15) is 50.3 Å². The van der Waals surface area contributed by atoms with Crippen LogP contribution in [0, 0.1) is 0 Å². The topological polar surface area (TPSA) is 186 Å². The van der Waals surface area contributed by atoms with Gasteiger partial charge in [-0.3, -0.25) is 23.9 Å². The number of fused-ring (bicyclic) bond motifs is 3. The highest BCUT2D eigenvalue weighted by Gasteiger charge is 2.39. The zero-order chi connectivity index (χ0) is 33.1. The predicted molar refractivity (Wildman–Crippen MR) is 165 cm³/mol. The summed E-state index contributed by atoms with van der Waals surface area (Å²) in [5, 5.41) is 19.5. The van der Waals surface area contributed by atoms with Gasteiger partial charge in [-0.1, -0.05) is 35.5 Å². The van der Waals surface area contributed by atoms with E-state index in [1.54, 1.807) is 24.9 Å². The van der Waals surface area contributed by atoms with Crippen molar-refractivity contribution in [3.63, 3.8) is 0 Å². The molecule has 2 aliphatic rings. The number of esters is 1. The zero-order valence-electron chi connectivity index (χ0n) is 26.6. The van der Waals surface area contributed by atoms with Crippen molar-refractivity contribution in [2.24, 2.45) is 0 Å². The Bertz CT molecular complexity index is 1350. The summed E-state index contributed by atoms with van der Waals surface area (Å²) in [6.45, 7) is 2.38. The highest BCUT2D eigenvalue weighted by molar-refractivity contribution is 5.96. The molecule has 4 N–H and O–H groups in total. The number of likely N-dealkylation sites (N-methyl/N-ethyl adjacent to an activating group) is 1. The van der Waals surface area contributed by atoms with Gasteiger partial charge in [0.15, 0.2) is 0 Å². The average Bonchev–Trinajstić information content (AvgIpc) is 3.74. The van der Waals surface area contributed by atoms with Gasteiger partial charge < -0.3 is 35.6 Å². The number of nitrogens with one attached hydrogen (secondary N) is 4. The molecule has 4 rings (SSSR count). The molecule has 0 spiro atoms. The molecule has 4 amide bonds. The quantitative estimate of drug-likeness (QED) is 0.299. The van der Waals surface area contributed by atoms with Crippen molar-refractivity contribution in [2.75, 3.05) is 27.3 Å². The molecule has 2 aromatic rings. The number of benzene rings is 1. The van der Waals surface area contributed by atoms with Gasteiger partial charge >= 0.3 is 5.97 Å². The van der Waals surface area contributed by atoms with Gasteiger partial charge in [0.2, 0.25) is 23.6 Å². The molecule has 2 aliphatic heterocycles. The van der Waals surface area contributed by atoms with Gasteiger partial charge in [0, 0.05) is 19.5 Å². The van der Waals surface area contributed by atoms with Crippen LogP contribution in [-0.2, 0) is 53.0 Å². The van der Waals surface area contributed by atoms with E-state index in [0.717, 1.165) is 5.56 Å². The summed E-state index contributed by atoms with van der Waals surface area (Å²) >= 11 is 0. The predicted octanol–water partition coefficient (Wildman–Crippen LogP) is -0.552. The number of ether oxygens (including phenoxy) is 2. The van der Waals surface area contributed by atoms with Crippen LogP contribution in [0.4, 0.5) is 0 Å². The lowest BCUT2D eigenvalue weighted by Gasteiger charge is -2.30. The van der Waals surface area contributed by atoms with Gasteiger partial charge in [0.1, 0.15) is 29.9 Å². The number of amides is 4. The zero-order valence-corrected chi connectivity index (χ0v) is 26.6. The third-order valence-corrected chi connectivity index (χ3v) is 8.25. The molecule has 46 heavy (non-hydrogen) atoms. The molecule has 0 unspecified atom stereocenters. The first-order valence-electron chi connectivity index (χ1n) is 15.7. The second-order valence-corrected chi connectivity index (χ2v) is 11.6. The van der Waals surface area contributed by atoms with Crippen molar-refractivity contribution in [3.8, 4) is 0 Å². The number of hydrogen-bond donors (Lipinski definition) is 4. The first kappa shape index (κ1) is 34.5. The van der Waals surface area contributed by atoms with Crippen LogP contribution in [0.5, 0.6) is 0 Å². The third-order valence-electron chi connectivity index (χ3n) is 8.25. The normalized spacial score (nSPS) is 24.2. The van der Waals surface area contributed by atoms with Crippen molar-refractivity contribution < 1.29 is 33.4 Å². The Morgan fingerprint density at radius 3 is 2.59 bits per heavy atom. The molecule has 1 fully saturated rings. The van der Waals surface area contributed by atoms with Gasteiger partial charge in [0.25, 0.3) is 0 Å². The standard InChI is InChI=1S/C31H44N8O7/c1-20(32-2)27(40)35-25-19-46-18-22-17-38(37-36-22)14-8-7-12-23(31(44)45-3)33-28(41)24(16-21-10-5-4-6-11-21)34-29(42)26-13-9-15-39(26)30(25)43/h4-6,10-11,17,20,23-26,32H,7-9,12-16,18-19H2,1-3H3,(H,33,41)(H,34,42)(H,35,40)/t20-,23-,24-,25-,26-/m0/s1. The fraction of sp³-hybridized carbons (Fsp3) is 0.581. The molecule has 1 aromatic carbocycles. The van der Waals surface area contributed by atoms with Gasteiger partial charge in [-0.05, 0) is 51.6 Å². The number of aromatic nitrogens is 3. The number of carbonyl (C=O) groups is 5. The van der Waals surface area contributed by atoms with Crippen molar-refractivity contribution in [1.29, 1.82) is 0 Å². The van der Waals surface area contributed by atoms with Crippen molar-refractivity contribution >= 4 is 29.6 Å². The van der Waals surface area contributed by atoms with E-state index in [-0.39, 0.29) is 19.6 Å². The highest BCUT2D eigenvalue weighted by atomic mass is 16.5. The molecule has 0 saturated carbocycles. The lowest BCUT2D eigenvalue weighted by molar-refractivity contribution is -0.146. The van der Waals surface area contributed by atoms with Crippen LogP contribution in [0.25, 0.3) is 0 Å². The number of methoxy groups -OCH3 is 1. The summed E-state index contributed by atoms with van der Waals surface area (Å²) in [6, 6.07) is 4.73. The van der Waals surface area contributed by atoms with Crippen molar-refractivity contribution in [2.45, 2.75) is 88.8 Å². The maximum Gasteiger partial charge on any atom is 0.328 e. The second-order valence-electron chi connectivity index (χ2n) is 11.6. The number of hydrogen-bond acceptors (Lipinski definition) is 10. The summed E-state index contributed by atoms with van der Waals surface area (Å²) < 4.78 is 12.5. The van der Waals surface area contributed by atoms with Crippen LogP contribution in [0.3, 0.4) is 0 Å². The Morgan fingerprint density at radius 2 is 1.85 bits per heavy atom.